The molecule has 3 aromatic rings. The molecule has 1 unspecified atom stereocenters. The number of hydrogen-bond acceptors (Lipinski definition) is 13. The third kappa shape index (κ3) is 7.09. The number of rotatable bonds is 10. The van der Waals surface area contributed by atoms with Gasteiger partial charge in [0, 0.05) is 31.7 Å². The van der Waals surface area contributed by atoms with Crippen LogP contribution in [0.4, 0.5) is 0 Å². The van der Waals surface area contributed by atoms with E-state index in [9.17, 15) is 34.2 Å². The number of nitrogens with one attached hydrogen (secondary N) is 1. The predicted molar refractivity (Wildman–Crippen MR) is 202 cm³/mol. The molecule has 0 spiro atoms. The van der Waals surface area contributed by atoms with Crippen LogP contribution in [0, 0.1) is 17.3 Å². The lowest BCUT2D eigenvalue weighted by molar-refractivity contribution is -0.330. The van der Waals surface area contributed by atoms with Crippen LogP contribution < -0.4 is 5.32 Å². The summed E-state index contributed by atoms with van der Waals surface area (Å²) >= 11 is 0. The van der Waals surface area contributed by atoms with Gasteiger partial charge in [-0.3, -0.25) is 19.2 Å². The number of carbonyl (C=O) groups is 6. The van der Waals surface area contributed by atoms with Gasteiger partial charge in [0.15, 0.2) is 23.6 Å². The number of benzene rings is 3. The Labute approximate surface area is 334 Å². The fraction of sp³-hybridized carbons (Fsp3) is 0.409. The second-order valence-corrected chi connectivity index (χ2v) is 15.5. The van der Waals surface area contributed by atoms with Crippen LogP contribution in [-0.4, -0.2) is 94.6 Å². The highest BCUT2D eigenvalue weighted by molar-refractivity contribution is 5.96. The Balaban J connectivity index is 1.30. The van der Waals surface area contributed by atoms with E-state index in [1.807, 2.05) is 0 Å². The normalized spacial score (nSPS) is 30.8. The third-order valence-corrected chi connectivity index (χ3v) is 12.1. The zero-order chi connectivity index (χ0) is 41.5. The summed E-state index contributed by atoms with van der Waals surface area (Å²) in [5.41, 5.74) is -2.01. The van der Waals surface area contributed by atoms with Crippen molar-refractivity contribution in [1.82, 2.24) is 5.32 Å². The number of ether oxygens (including phenoxy) is 5. The molecule has 1 amide bonds. The molecule has 7 rings (SSSR count). The summed E-state index contributed by atoms with van der Waals surface area (Å²) in [7, 11) is 0. The van der Waals surface area contributed by atoms with Crippen molar-refractivity contribution in [3.8, 4) is 0 Å². The molecule has 14 nitrogen and oxygen atoms in total. The van der Waals surface area contributed by atoms with Gasteiger partial charge in [0.05, 0.1) is 35.6 Å². The van der Waals surface area contributed by atoms with Gasteiger partial charge >= 0.3 is 23.9 Å². The average Bonchev–Trinajstić information content (AvgIpc) is 3.50. The van der Waals surface area contributed by atoms with Crippen molar-refractivity contribution in [2.24, 2.45) is 17.3 Å². The van der Waals surface area contributed by atoms with Gasteiger partial charge in [-0.2, -0.15) is 0 Å². The number of carbonyl (C=O) groups excluding carboxylic acids is 6. The molecule has 3 aromatic carbocycles. The number of hydrogen-bond donors (Lipinski definition) is 3. The average molecular weight is 796 g/mol. The highest BCUT2D eigenvalue weighted by atomic mass is 16.6. The van der Waals surface area contributed by atoms with Gasteiger partial charge in [0.1, 0.15) is 18.3 Å². The van der Waals surface area contributed by atoms with Crippen LogP contribution >= 0.6 is 0 Å². The van der Waals surface area contributed by atoms with Crippen molar-refractivity contribution in [1.29, 1.82) is 0 Å². The summed E-state index contributed by atoms with van der Waals surface area (Å²) in [6.07, 6.45) is -8.59. The van der Waals surface area contributed by atoms with E-state index in [1.165, 1.54) is 13.8 Å². The fourth-order valence-electron chi connectivity index (χ4n) is 9.33. The zero-order valence-electron chi connectivity index (χ0n) is 32.4. The van der Waals surface area contributed by atoms with E-state index >= 15 is 4.79 Å². The highest BCUT2D eigenvalue weighted by Gasteiger charge is 2.75. The van der Waals surface area contributed by atoms with Crippen LogP contribution in [-0.2, 0) is 42.9 Å². The Bertz CT molecular complexity index is 2120. The summed E-state index contributed by atoms with van der Waals surface area (Å²) in [6.45, 7) is 5.22. The number of aliphatic hydroxyl groups excluding tert-OH is 2. The third-order valence-electron chi connectivity index (χ3n) is 12.1. The minimum absolute atomic E-state index is 0.109. The summed E-state index contributed by atoms with van der Waals surface area (Å²) in [5.74, 6) is -6.94. The number of amides is 1. The molecule has 58 heavy (non-hydrogen) atoms. The topological polar surface area (TPSA) is 201 Å². The van der Waals surface area contributed by atoms with E-state index in [0.29, 0.717) is 11.1 Å². The molecule has 3 N–H and O–H groups in total. The van der Waals surface area contributed by atoms with Crippen LogP contribution in [0.3, 0.4) is 0 Å². The first kappa shape index (κ1) is 40.5. The highest BCUT2D eigenvalue weighted by Crippen LogP contribution is 2.61. The molecule has 1 heterocycles. The Morgan fingerprint density at radius 2 is 1.43 bits per heavy atom. The number of aliphatic hydroxyl groups is 2. The van der Waals surface area contributed by atoms with Crippen LogP contribution in [0.5, 0.6) is 0 Å². The first-order valence-corrected chi connectivity index (χ1v) is 19.1. The van der Waals surface area contributed by atoms with Crippen LogP contribution in [0.15, 0.2) is 102 Å². The molecular formula is C44H45NO13. The molecule has 304 valence electrons. The number of fused-ring (bicyclic) bond motifs is 4. The van der Waals surface area contributed by atoms with E-state index in [-0.39, 0.29) is 36.2 Å². The van der Waals surface area contributed by atoms with E-state index in [0.717, 1.165) is 6.92 Å². The summed E-state index contributed by atoms with van der Waals surface area (Å²) in [5, 5.41) is 26.2. The molecule has 0 radical (unpaired) electrons. The molecule has 1 saturated heterocycles. The maximum atomic E-state index is 15.1. The molecular weight excluding hydrogens is 750 g/mol. The number of Topliss-reactive ketones (excluding diaryl/α,β-unsaturated/α-hetero) is 1. The maximum absolute atomic E-state index is 15.1. The lowest BCUT2D eigenvalue weighted by Gasteiger charge is -2.62. The standard InChI is InChI=1S/C44H45NO13/c1-23-30(56-42(53)35(49)34(26-14-8-5-9-15-26)45-40(51)27-16-10-6-11-17-27)20-29-33(23)37(55-24(2)46)39(50)43(4)31(48)21-32-44(22-54-32,58-25(3)47)38(43)36(29)57-41(52)28-18-12-7-13-19-28/h5-19,29-32,34-38,48-49H,20-22H2,1-4H3,(H,45,51)/t29-,30+,31+,32-,34+,35-,36-,37-,38?,43-,44+/m1/s1. The van der Waals surface area contributed by atoms with Crippen molar-refractivity contribution in [2.75, 3.05) is 6.61 Å². The summed E-state index contributed by atoms with van der Waals surface area (Å²) < 4.78 is 30.1. The van der Waals surface area contributed by atoms with Gasteiger partial charge in [0.25, 0.3) is 5.91 Å². The second-order valence-electron chi connectivity index (χ2n) is 15.5. The molecule has 2 saturated carbocycles. The van der Waals surface area contributed by atoms with Crippen LogP contribution in [0.1, 0.15) is 72.9 Å². The monoisotopic (exact) mass is 795 g/mol. The SMILES string of the molecule is CC(=O)O[C@H]1C(=O)[C@@]2(C)C([C@H](OC(=O)c3ccccc3)[C@@H]3C[C@H](OC(=O)[C@H](O)[C@@H](NC(=O)c4ccccc4)c4ccccc4)C(C)=C13)[C@]1(OC(C)=O)CO[C@@H]1C[C@@H]2O. The second kappa shape index (κ2) is 15.9. The molecule has 0 aromatic heterocycles. The molecule has 0 bridgehead atoms. The molecule has 1 aliphatic heterocycles. The lowest BCUT2D eigenvalue weighted by Crippen LogP contribution is -2.77. The largest absolute Gasteiger partial charge is 0.458 e. The minimum atomic E-state index is -1.92. The zero-order valence-corrected chi connectivity index (χ0v) is 32.4. The van der Waals surface area contributed by atoms with E-state index in [2.05, 4.69) is 5.32 Å². The smallest absolute Gasteiger partial charge is 0.338 e. The van der Waals surface area contributed by atoms with E-state index in [1.54, 1.807) is 97.9 Å². The lowest BCUT2D eigenvalue weighted by atomic mass is 9.52. The molecule has 11 atom stereocenters. The van der Waals surface area contributed by atoms with Crippen molar-refractivity contribution in [3.63, 3.8) is 0 Å². The minimum Gasteiger partial charge on any atom is -0.458 e. The summed E-state index contributed by atoms with van der Waals surface area (Å²) in [6, 6.07) is 23.5. The Morgan fingerprint density at radius 3 is 2.00 bits per heavy atom. The van der Waals surface area contributed by atoms with Gasteiger partial charge in [-0.05, 0) is 61.2 Å². The van der Waals surface area contributed by atoms with Crippen molar-refractivity contribution >= 4 is 35.6 Å². The molecule has 14 heteroatoms. The van der Waals surface area contributed by atoms with Gasteiger partial charge in [0.2, 0.25) is 0 Å². The summed E-state index contributed by atoms with van der Waals surface area (Å²) in [4.78, 5) is 81.9. The number of ketones is 1. The fourth-order valence-corrected chi connectivity index (χ4v) is 9.33. The van der Waals surface area contributed by atoms with Crippen molar-refractivity contribution < 1.29 is 62.7 Å². The maximum Gasteiger partial charge on any atom is 0.338 e. The van der Waals surface area contributed by atoms with E-state index in [4.69, 9.17) is 23.7 Å². The number of esters is 4. The molecule has 3 fully saturated rings. The predicted octanol–water partition coefficient (Wildman–Crippen LogP) is 3.59. The van der Waals surface area contributed by atoms with E-state index < -0.39 is 101 Å². The quantitative estimate of drug-likeness (QED) is 0.153. The van der Waals surface area contributed by atoms with Gasteiger partial charge < -0.3 is 39.2 Å². The van der Waals surface area contributed by atoms with Gasteiger partial charge in [-0.25, -0.2) is 9.59 Å². The Kier molecular flexibility index (Phi) is 11.1. The first-order valence-electron chi connectivity index (χ1n) is 19.1. The molecule has 4 aliphatic rings. The van der Waals surface area contributed by atoms with Crippen molar-refractivity contribution in [3.05, 3.63) is 119 Å². The van der Waals surface area contributed by atoms with Crippen LogP contribution in [0.25, 0.3) is 0 Å². The van der Waals surface area contributed by atoms with Gasteiger partial charge in [-0.15, -0.1) is 0 Å². The van der Waals surface area contributed by atoms with Crippen LogP contribution in [0.2, 0.25) is 0 Å². The van der Waals surface area contributed by atoms with Crippen molar-refractivity contribution in [2.45, 2.75) is 88.8 Å². The van der Waals surface area contributed by atoms with Gasteiger partial charge in [-0.1, -0.05) is 66.7 Å². The Hall–Kier alpha value is -5.70. The molecule has 3 aliphatic carbocycles. The first-order chi connectivity index (χ1) is 27.7. The Morgan fingerprint density at radius 1 is 0.828 bits per heavy atom.